The van der Waals surface area contributed by atoms with Gasteiger partial charge in [0.15, 0.2) is 0 Å². The Balaban J connectivity index is 2.06. The Morgan fingerprint density at radius 3 is 2.64 bits per heavy atom. The molecule has 11 heavy (non-hydrogen) atoms. The van der Waals surface area contributed by atoms with E-state index in [4.69, 9.17) is 0 Å². The van der Waals surface area contributed by atoms with E-state index < -0.39 is 5.60 Å². The Kier molecular flexibility index (Phi) is 1.62. The number of rotatable bonds is 1. The first-order valence-electron chi connectivity index (χ1n) is 4.21. The summed E-state index contributed by atoms with van der Waals surface area (Å²) >= 11 is 0. The molecule has 1 fully saturated rings. The van der Waals surface area contributed by atoms with Gasteiger partial charge in [-0.05, 0) is 18.9 Å². The zero-order chi connectivity index (χ0) is 7.73. The summed E-state index contributed by atoms with van der Waals surface area (Å²) in [5, 5.41) is 10.0. The molecule has 0 aromatic carbocycles. The second-order valence-electron chi connectivity index (χ2n) is 3.44. The smallest absolute Gasteiger partial charge is 0.0853 e. The third-order valence-electron chi connectivity index (χ3n) is 2.66. The summed E-state index contributed by atoms with van der Waals surface area (Å²) in [4.78, 5) is 0. The van der Waals surface area contributed by atoms with Crippen molar-refractivity contribution in [3.8, 4) is 0 Å². The highest BCUT2D eigenvalue weighted by molar-refractivity contribution is 5.09. The van der Waals surface area contributed by atoms with Crippen molar-refractivity contribution < 1.29 is 5.11 Å². The number of hydrazine groups is 1. The average Bonchev–Trinajstić information content (AvgIpc) is 2.55. The van der Waals surface area contributed by atoms with Crippen LogP contribution in [0.3, 0.4) is 0 Å². The predicted molar refractivity (Wildman–Crippen MR) is 42.6 cm³/mol. The molecule has 0 aromatic rings. The molecule has 2 rings (SSSR count). The molecule has 0 radical (unpaired) electrons. The standard InChI is InChI=1S/C8H14N2O/c11-8(4-1-2-5-8)7-3-6-9-10-7/h3,6-7,9-11H,1-2,4-5H2. The fraction of sp³-hybridized carbons (Fsp3) is 0.750. The summed E-state index contributed by atoms with van der Waals surface area (Å²) in [6.07, 6.45) is 8.00. The van der Waals surface area contributed by atoms with Crippen LogP contribution in [-0.2, 0) is 0 Å². The Labute approximate surface area is 66.5 Å². The highest BCUT2D eigenvalue weighted by Gasteiger charge is 2.38. The molecule has 3 nitrogen and oxygen atoms in total. The minimum atomic E-state index is -0.486. The molecule has 3 N–H and O–H groups in total. The van der Waals surface area contributed by atoms with E-state index in [2.05, 4.69) is 10.9 Å². The van der Waals surface area contributed by atoms with E-state index in [-0.39, 0.29) is 6.04 Å². The zero-order valence-corrected chi connectivity index (χ0v) is 6.51. The van der Waals surface area contributed by atoms with Gasteiger partial charge in [0.1, 0.15) is 0 Å². The maximum Gasteiger partial charge on any atom is 0.0853 e. The average molecular weight is 154 g/mol. The number of nitrogens with one attached hydrogen (secondary N) is 2. The Bertz CT molecular complexity index is 173. The summed E-state index contributed by atoms with van der Waals surface area (Å²) in [6.45, 7) is 0. The normalized spacial score (nSPS) is 34.1. The van der Waals surface area contributed by atoms with Crippen LogP contribution in [0.5, 0.6) is 0 Å². The maximum atomic E-state index is 10.0. The largest absolute Gasteiger partial charge is 0.388 e. The van der Waals surface area contributed by atoms with Gasteiger partial charge in [-0.15, -0.1) is 0 Å². The van der Waals surface area contributed by atoms with E-state index in [1.165, 1.54) is 0 Å². The van der Waals surface area contributed by atoms with Crippen LogP contribution in [-0.4, -0.2) is 16.7 Å². The van der Waals surface area contributed by atoms with Crippen LogP contribution in [0.4, 0.5) is 0 Å². The van der Waals surface area contributed by atoms with Gasteiger partial charge in [-0.2, -0.15) is 0 Å². The van der Waals surface area contributed by atoms with E-state index >= 15 is 0 Å². The molecule has 1 unspecified atom stereocenters. The summed E-state index contributed by atoms with van der Waals surface area (Å²) in [5.74, 6) is 0. The van der Waals surface area contributed by atoms with Gasteiger partial charge < -0.3 is 10.5 Å². The molecular formula is C8H14N2O. The molecule has 62 valence electrons. The van der Waals surface area contributed by atoms with Gasteiger partial charge >= 0.3 is 0 Å². The van der Waals surface area contributed by atoms with Gasteiger partial charge in [0.2, 0.25) is 0 Å². The Morgan fingerprint density at radius 2 is 2.09 bits per heavy atom. The molecular weight excluding hydrogens is 140 g/mol. The van der Waals surface area contributed by atoms with Crippen molar-refractivity contribution in [2.45, 2.75) is 37.3 Å². The third kappa shape index (κ3) is 1.14. The van der Waals surface area contributed by atoms with Crippen LogP contribution in [0.2, 0.25) is 0 Å². The number of hydrogen-bond donors (Lipinski definition) is 3. The lowest BCUT2D eigenvalue weighted by atomic mass is 9.93. The van der Waals surface area contributed by atoms with E-state index in [1.54, 1.807) is 0 Å². The number of hydrogen-bond acceptors (Lipinski definition) is 3. The van der Waals surface area contributed by atoms with Crippen molar-refractivity contribution in [3.05, 3.63) is 12.3 Å². The van der Waals surface area contributed by atoms with Crippen molar-refractivity contribution in [1.29, 1.82) is 0 Å². The van der Waals surface area contributed by atoms with Crippen LogP contribution in [0.25, 0.3) is 0 Å². The first kappa shape index (κ1) is 7.13. The number of aliphatic hydroxyl groups is 1. The Hall–Kier alpha value is -0.540. The van der Waals surface area contributed by atoms with Crippen molar-refractivity contribution in [3.63, 3.8) is 0 Å². The lowest BCUT2D eigenvalue weighted by molar-refractivity contribution is 0.0240. The lowest BCUT2D eigenvalue weighted by Crippen LogP contribution is -2.48. The van der Waals surface area contributed by atoms with Crippen LogP contribution < -0.4 is 10.9 Å². The fourth-order valence-electron chi connectivity index (χ4n) is 1.94. The third-order valence-corrected chi connectivity index (χ3v) is 2.66. The molecule has 1 aliphatic heterocycles. The molecule has 1 aliphatic carbocycles. The monoisotopic (exact) mass is 154 g/mol. The van der Waals surface area contributed by atoms with E-state index in [1.807, 2.05) is 12.3 Å². The van der Waals surface area contributed by atoms with Gasteiger partial charge in [0, 0.05) is 6.20 Å². The van der Waals surface area contributed by atoms with Gasteiger partial charge in [0.05, 0.1) is 11.6 Å². The molecule has 2 aliphatic rings. The molecule has 1 atom stereocenters. The van der Waals surface area contributed by atoms with E-state index in [0.29, 0.717) is 0 Å². The second kappa shape index (κ2) is 2.50. The van der Waals surface area contributed by atoms with Gasteiger partial charge in [-0.25, -0.2) is 5.43 Å². The Morgan fingerprint density at radius 1 is 1.36 bits per heavy atom. The van der Waals surface area contributed by atoms with Crippen LogP contribution >= 0.6 is 0 Å². The minimum absolute atomic E-state index is 0.116. The quantitative estimate of drug-likeness (QED) is 0.508. The molecule has 1 saturated carbocycles. The minimum Gasteiger partial charge on any atom is -0.388 e. The molecule has 3 heteroatoms. The summed E-state index contributed by atoms with van der Waals surface area (Å²) in [7, 11) is 0. The summed E-state index contributed by atoms with van der Waals surface area (Å²) in [5.41, 5.74) is 5.43. The maximum absolute atomic E-state index is 10.0. The van der Waals surface area contributed by atoms with Crippen LogP contribution in [0.1, 0.15) is 25.7 Å². The topological polar surface area (TPSA) is 44.3 Å². The van der Waals surface area contributed by atoms with Gasteiger partial charge in [-0.1, -0.05) is 12.8 Å². The van der Waals surface area contributed by atoms with Crippen molar-refractivity contribution >= 4 is 0 Å². The molecule has 0 amide bonds. The predicted octanol–water partition coefficient (Wildman–Crippen LogP) is 0.282. The van der Waals surface area contributed by atoms with Crippen LogP contribution in [0.15, 0.2) is 12.3 Å². The first-order chi connectivity index (χ1) is 5.31. The molecule has 1 heterocycles. The van der Waals surface area contributed by atoms with Crippen molar-refractivity contribution in [1.82, 2.24) is 10.9 Å². The highest BCUT2D eigenvalue weighted by atomic mass is 16.3. The lowest BCUT2D eigenvalue weighted by Gasteiger charge is -2.27. The molecule has 0 spiro atoms. The zero-order valence-electron chi connectivity index (χ0n) is 6.51. The summed E-state index contributed by atoms with van der Waals surface area (Å²) in [6, 6.07) is 0.116. The van der Waals surface area contributed by atoms with E-state index in [9.17, 15) is 5.11 Å². The van der Waals surface area contributed by atoms with E-state index in [0.717, 1.165) is 25.7 Å². The van der Waals surface area contributed by atoms with Gasteiger partial charge in [-0.3, -0.25) is 0 Å². The first-order valence-corrected chi connectivity index (χ1v) is 4.21. The van der Waals surface area contributed by atoms with Crippen molar-refractivity contribution in [2.75, 3.05) is 0 Å². The second-order valence-corrected chi connectivity index (χ2v) is 3.44. The fourth-order valence-corrected chi connectivity index (χ4v) is 1.94. The van der Waals surface area contributed by atoms with Gasteiger partial charge in [0.25, 0.3) is 0 Å². The highest BCUT2D eigenvalue weighted by Crippen LogP contribution is 2.33. The SMILES string of the molecule is OC1(C2C=CNN2)CCCC1. The molecule has 0 bridgehead atoms. The summed E-state index contributed by atoms with van der Waals surface area (Å²) < 4.78 is 0. The molecule has 0 aromatic heterocycles. The van der Waals surface area contributed by atoms with Crippen molar-refractivity contribution in [2.24, 2.45) is 0 Å². The van der Waals surface area contributed by atoms with Crippen LogP contribution in [0, 0.1) is 0 Å². The molecule has 0 saturated heterocycles.